The molecule has 4 unspecified atom stereocenters. The van der Waals surface area contributed by atoms with Crippen LogP contribution in [0, 0.1) is 17.8 Å². The zero-order valence-electron chi connectivity index (χ0n) is 6.03. The first-order valence-electron chi connectivity index (χ1n) is 4.10. The van der Waals surface area contributed by atoms with E-state index >= 15 is 0 Å². The van der Waals surface area contributed by atoms with Crippen LogP contribution in [-0.2, 0) is 0 Å². The van der Waals surface area contributed by atoms with Crippen molar-refractivity contribution in [1.82, 2.24) is 0 Å². The molecule has 58 valence electrons. The van der Waals surface area contributed by atoms with Crippen molar-refractivity contribution in [2.24, 2.45) is 17.8 Å². The van der Waals surface area contributed by atoms with Crippen molar-refractivity contribution >= 4 is 25.3 Å². The van der Waals surface area contributed by atoms with E-state index < -0.39 is 0 Å². The maximum absolute atomic E-state index is 4.55. The Hall–Kier alpha value is 0.700. The van der Waals surface area contributed by atoms with Gasteiger partial charge >= 0.3 is 0 Å². The summed E-state index contributed by atoms with van der Waals surface area (Å²) in [6.45, 7) is 0. The van der Waals surface area contributed by atoms with Crippen molar-refractivity contribution < 1.29 is 0 Å². The third kappa shape index (κ3) is 1.00. The topological polar surface area (TPSA) is 0 Å². The average molecular weight is 174 g/mol. The van der Waals surface area contributed by atoms with E-state index in [-0.39, 0.29) is 0 Å². The molecular formula is C8H14S2. The molecule has 0 aliphatic heterocycles. The van der Waals surface area contributed by atoms with E-state index in [0.717, 1.165) is 28.8 Å². The standard InChI is InChI=1S/C8H14S2/c9-4-7-2-6-1-5(7)3-8(6)10/h5-10H,1-4H2. The minimum atomic E-state index is 0.723. The number of hydrogen-bond acceptors (Lipinski definition) is 2. The summed E-state index contributed by atoms with van der Waals surface area (Å²) in [5.74, 6) is 3.94. The molecule has 10 heavy (non-hydrogen) atoms. The first-order valence-corrected chi connectivity index (χ1v) is 5.25. The molecule has 0 heterocycles. The van der Waals surface area contributed by atoms with Crippen LogP contribution in [0.3, 0.4) is 0 Å². The van der Waals surface area contributed by atoms with Crippen molar-refractivity contribution in [2.75, 3.05) is 5.75 Å². The summed E-state index contributed by atoms with van der Waals surface area (Å²) in [7, 11) is 0. The van der Waals surface area contributed by atoms with Crippen LogP contribution >= 0.6 is 25.3 Å². The Morgan fingerprint density at radius 3 is 2.30 bits per heavy atom. The maximum Gasteiger partial charge on any atom is 0.00480 e. The number of fused-ring (bicyclic) bond motifs is 2. The van der Waals surface area contributed by atoms with Gasteiger partial charge in [-0.3, -0.25) is 0 Å². The third-order valence-electron chi connectivity index (χ3n) is 3.20. The minimum Gasteiger partial charge on any atom is -0.179 e. The second-order valence-electron chi connectivity index (χ2n) is 3.74. The van der Waals surface area contributed by atoms with Gasteiger partial charge in [0, 0.05) is 5.25 Å². The first-order chi connectivity index (χ1) is 4.81. The Bertz CT molecular complexity index is 133. The fourth-order valence-electron chi connectivity index (χ4n) is 2.59. The van der Waals surface area contributed by atoms with Crippen LogP contribution in [-0.4, -0.2) is 11.0 Å². The molecule has 2 saturated carbocycles. The highest BCUT2D eigenvalue weighted by atomic mass is 32.1. The smallest absolute Gasteiger partial charge is 0.00480 e. The van der Waals surface area contributed by atoms with Crippen LogP contribution < -0.4 is 0 Å². The second kappa shape index (κ2) is 2.63. The summed E-state index contributed by atoms with van der Waals surface area (Å²) in [4.78, 5) is 0. The summed E-state index contributed by atoms with van der Waals surface area (Å²) >= 11 is 8.91. The molecule has 2 aliphatic rings. The van der Waals surface area contributed by atoms with Crippen LogP contribution in [0.15, 0.2) is 0 Å². The molecule has 0 saturated heterocycles. The van der Waals surface area contributed by atoms with E-state index in [2.05, 4.69) is 25.3 Å². The van der Waals surface area contributed by atoms with Gasteiger partial charge in [-0.1, -0.05) is 0 Å². The molecule has 0 aromatic carbocycles. The van der Waals surface area contributed by atoms with Crippen molar-refractivity contribution in [3.8, 4) is 0 Å². The summed E-state index contributed by atoms with van der Waals surface area (Å²) in [5.41, 5.74) is 0. The lowest BCUT2D eigenvalue weighted by atomic mass is 9.90. The van der Waals surface area contributed by atoms with Gasteiger partial charge in [0.05, 0.1) is 0 Å². The molecule has 0 nitrogen and oxygen atoms in total. The number of hydrogen-bond donors (Lipinski definition) is 2. The van der Waals surface area contributed by atoms with Crippen molar-refractivity contribution in [2.45, 2.75) is 24.5 Å². The predicted octanol–water partition coefficient (Wildman–Crippen LogP) is 2.26. The average Bonchev–Trinajstić information content (AvgIpc) is 2.44. The minimum absolute atomic E-state index is 0.723. The van der Waals surface area contributed by atoms with Crippen LogP contribution in [0.4, 0.5) is 0 Å². The van der Waals surface area contributed by atoms with Crippen molar-refractivity contribution in [1.29, 1.82) is 0 Å². The highest BCUT2D eigenvalue weighted by Crippen LogP contribution is 2.50. The summed E-state index contributed by atoms with van der Waals surface area (Å²) in [6, 6.07) is 0. The van der Waals surface area contributed by atoms with Crippen LogP contribution in [0.1, 0.15) is 19.3 Å². The van der Waals surface area contributed by atoms with Gasteiger partial charge in [-0.05, 0) is 42.8 Å². The van der Waals surface area contributed by atoms with Gasteiger partial charge in [-0.2, -0.15) is 25.3 Å². The molecule has 0 amide bonds. The van der Waals surface area contributed by atoms with E-state index in [1.54, 1.807) is 0 Å². The molecule has 0 aromatic rings. The number of rotatable bonds is 1. The lowest BCUT2D eigenvalue weighted by molar-refractivity contribution is 0.374. The normalized spacial score (nSPS) is 52.2. The van der Waals surface area contributed by atoms with Crippen LogP contribution in [0.25, 0.3) is 0 Å². The molecule has 2 bridgehead atoms. The van der Waals surface area contributed by atoms with Crippen molar-refractivity contribution in [3.63, 3.8) is 0 Å². The van der Waals surface area contributed by atoms with E-state index in [9.17, 15) is 0 Å². The molecule has 4 atom stereocenters. The Morgan fingerprint density at radius 2 is 1.90 bits per heavy atom. The van der Waals surface area contributed by atoms with Gasteiger partial charge in [0.15, 0.2) is 0 Å². The molecule has 0 radical (unpaired) electrons. The molecule has 2 fully saturated rings. The number of thiol groups is 2. The Balaban J connectivity index is 2.02. The van der Waals surface area contributed by atoms with Crippen LogP contribution in [0.2, 0.25) is 0 Å². The van der Waals surface area contributed by atoms with Crippen molar-refractivity contribution in [3.05, 3.63) is 0 Å². The quantitative estimate of drug-likeness (QED) is 0.560. The lowest BCUT2D eigenvalue weighted by Gasteiger charge is -2.23. The highest BCUT2D eigenvalue weighted by molar-refractivity contribution is 7.81. The Kier molecular flexibility index (Phi) is 1.94. The van der Waals surface area contributed by atoms with Gasteiger partial charge in [-0.25, -0.2) is 0 Å². The monoisotopic (exact) mass is 174 g/mol. The molecule has 0 N–H and O–H groups in total. The van der Waals surface area contributed by atoms with E-state index in [1.165, 1.54) is 19.3 Å². The molecule has 2 aliphatic carbocycles. The van der Waals surface area contributed by atoms with Gasteiger partial charge in [0.2, 0.25) is 0 Å². The Morgan fingerprint density at radius 1 is 1.10 bits per heavy atom. The predicted molar refractivity (Wildman–Crippen MR) is 50.9 cm³/mol. The van der Waals surface area contributed by atoms with Crippen LogP contribution in [0.5, 0.6) is 0 Å². The summed E-state index contributed by atoms with van der Waals surface area (Å²) in [6.07, 6.45) is 4.21. The molecule has 2 rings (SSSR count). The largest absolute Gasteiger partial charge is 0.179 e. The molecule has 0 spiro atoms. The molecular weight excluding hydrogens is 160 g/mol. The maximum atomic E-state index is 4.55. The van der Waals surface area contributed by atoms with E-state index in [4.69, 9.17) is 0 Å². The van der Waals surface area contributed by atoms with Gasteiger partial charge in [0.25, 0.3) is 0 Å². The highest BCUT2D eigenvalue weighted by Gasteiger charge is 2.43. The summed E-state index contributed by atoms with van der Waals surface area (Å²) < 4.78 is 0. The zero-order chi connectivity index (χ0) is 7.14. The Labute approximate surface area is 73.6 Å². The SMILES string of the molecule is SCC1CC2CC1CC2S. The first kappa shape index (κ1) is 7.35. The second-order valence-corrected chi connectivity index (χ2v) is 4.77. The van der Waals surface area contributed by atoms with E-state index in [0.29, 0.717) is 0 Å². The lowest BCUT2D eigenvalue weighted by Crippen LogP contribution is -2.18. The van der Waals surface area contributed by atoms with E-state index in [1.807, 2.05) is 0 Å². The van der Waals surface area contributed by atoms with Gasteiger partial charge in [0.1, 0.15) is 0 Å². The fraction of sp³-hybridized carbons (Fsp3) is 1.00. The summed E-state index contributed by atoms with van der Waals surface area (Å²) in [5, 5.41) is 0.723. The molecule has 0 aromatic heterocycles. The third-order valence-corrected chi connectivity index (χ3v) is 4.30. The van der Waals surface area contributed by atoms with Gasteiger partial charge in [-0.15, -0.1) is 0 Å². The van der Waals surface area contributed by atoms with Gasteiger partial charge < -0.3 is 0 Å². The zero-order valence-corrected chi connectivity index (χ0v) is 7.82. The fourth-order valence-corrected chi connectivity index (χ4v) is 3.55. The molecule has 2 heteroatoms.